The van der Waals surface area contributed by atoms with Crippen molar-refractivity contribution in [3.05, 3.63) is 34.2 Å². The van der Waals surface area contributed by atoms with Crippen LogP contribution in [0, 0.1) is 0 Å². The highest BCUT2D eigenvalue weighted by atomic mass is 32.1. The van der Waals surface area contributed by atoms with E-state index in [4.69, 9.17) is 5.73 Å². The number of rotatable bonds is 4. The summed E-state index contributed by atoms with van der Waals surface area (Å²) in [5.41, 5.74) is 6.70. The summed E-state index contributed by atoms with van der Waals surface area (Å²) in [5, 5.41) is 3.02. The molecule has 0 bridgehead atoms. The molecule has 0 atom stereocenters. The first-order chi connectivity index (χ1) is 7.78. The van der Waals surface area contributed by atoms with Gasteiger partial charge in [-0.15, -0.1) is 11.3 Å². The molecule has 2 N–H and O–H groups in total. The molecule has 0 aliphatic carbocycles. The molecule has 2 rings (SSSR count). The third-order valence-electron chi connectivity index (χ3n) is 2.13. The smallest absolute Gasteiger partial charge is 0.130 e. The largest absolute Gasteiger partial charge is 0.384 e. The minimum Gasteiger partial charge on any atom is -0.384 e. The molecule has 0 unspecified atom stereocenters. The van der Waals surface area contributed by atoms with Gasteiger partial charge in [0.2, 0.25) is 0 Å². The fourth-order valence-corrected chi connectivity index (χ4v) is 2.13. The van der Waals surface area contributed by atoms with Gasteiger partial charge >= 0.3 is 0 Å². The van der Waals surface area contributed by atoms with E-state index in [1.165, 1.54) is 0 Å². The Morgan fingerprint density at radius 1 is 1.38 bits per heavy atom. The number of aryl methyl sites for hydroxylation is 1. The maximum atomic E-state index is 5.75. The van der Waals surface area contributed by atoms with E-state index < -0.39 is 0 Å². The van der Waals surface area contributed by atoms with Crippen LogP contribution in [0.15, 0.2) is 17.6 Å². The molecule has 4 nitrogen and oxygen atoms in total. The number of hydrogen-bond donors (Lipinski definition) is 1. The summed E-state index contributed by atoms with van der Waals surface area (Å²) in [5.74, 6) is 1.37. The van der Waals surface area contributed by atoms with Gasteiger partial charge < -0.3 is 5.73 Å². The molecule has 5 heteroatoms. The van der Waals surface area contributed by atoms with Gasteiger partial charge in [0.1, 0.15) is 11.6 Å². The molecule has 0 radical (unpaired) electrons. The monoisotopic (exact) mass is 234 g/mol. The van der Waals surface area contributed by atoms with Gasteiger partial charge in [-0.1, -0.05) is 6.92 Å². The summed E-state index contributed by atoms with van der Waals surface area (Å²) in [6.45, 7) is 2.10. The normalized spacial score (nSPS) is 10.6. The number of nitrogens with zero attached hydrogens (tertiary/aromatic N) is 3. The number of nitrogens with two attached hydrogens (primary N) is 1. The van der Waals surface area contributed by atoms with Crippen LogP contribution < -0.4 is 5.73 Å². The Morgan fingerprint density at radius 2 is 2.25 bits per heavy atom. The molecule has 2 heterocycles. The molecule has 16 heavy (non-hydrogen) atoms. The maximum absolute atomic E-state index is 5.75. The van der Waals surface area contributed by atoms with E-state index in [-0.39, 0.29) is 0 Å². The van der Waals surface area contributed by atoms with E-state index in [9.17, 15) is 0 Å². The Kier molecular flexibility index (Phi) is 3.46. The van der Waals surface area contributed by atoms with Crippen LogP contribution in [0.4, 0.5) is 5.82 Å². The topological polar surface area (TPSA) is 64.7 Å². The molecule has 84 valence electrons. The van der Waals surface area contributed by atoms with E-state index in [0.29, 0.717) is 5.82 Å². The van der Waals surface area contributed by atoms with Crippen molar-refractivity contribution in [2.75, 3.05) is 5.73 Å². The highest BCUT2D eigenvalue weighted by molar-refractivity contribution is 7.09. The van der Waals surface area contributed by atoms with Crippen LogP contribution >= 0.6 is 11.3 Å². The van der Waals surface area contributed by atoms with Crippen LogP contribution in [0.25, 0.3) is 0 Å². The lowest BCUT2D eigenvalue weighted by molar-refractivity contribution is 0.820. The Labute approximate surface area is 98.6 Å². The van der Waals surface area contributed by atoms with Crippen LogP contribution in [0.1, 0.15) is 29.9 Å². The van der Waals surface area contributed by atoms with Gasteiger partial charge in [0.05, 0.1) is 10.7 Å². The average molecular weight is 234 g/mol. The van der Waals surface area contributed by atoms with Gasteiger partial charge in [0.15, 0.2) is 0 Å². The predicted molar refractivity (Wildman–Crippen MR) is 65.4 cm³/mol. The van der Waals surface area contributed by atoms with Gasteiger partial charge in [-0.25, -0.2) is 15.0 Å². The van der Waals surface area contributed by atoms with Crippen molar-refractivity contribution in [1.29, 1.82) is 0 Å². The summed E-state index contributed by atoms with van der Waals surface area (Å²) in [6, 6.07) is 1.82. The lowest BCUT2D eigenvalue weighted by atomic mass is 10.2. The molecule has 2 aromatic heterocycles. The standard InChI is InChI=1S/C11H14N4S/c1-2-3-10-14-8(6-9(12)15-10)7-11-13-4-5-16-11/h4-6H,2-3,7H2,1H3,(H2,12,14,15). The summed E-state index contributed by atoms with van der Waals surface area (Å²) in [4.78, 5) is 12.9. The highest BCUT2D eigenvalue weighted by Crippen LogP contribution is 2.12. The number of aromatic nitrogens is 3. The fraction of sp³-hybridized carbons (Fsp3) is 0.364. The van der Waals surface area contributed by atoms with Crippen molar-refractivity contribution >= 4 is 17.2 Å². The van der Waals surface area contributed by atoms with Crippen LogP contribution in [0.5, 0.6) is 0 Å². The molecule has 2 aromatic rings. The first-order valence-electron chi connectivity index (χ1n) is 5.28. The Bertz CT molecular complexity index is 453. The second kappa shape index (κ2) is 5.03. The maximum Gasteiger partial charge on any atom is 0.130 e. The van der Waals surface area contributed by atoms with Crippen molar-refractivity contribution in [2.45, 2.75) is 26.2 Å². The van der Waals surface area contributed by atoms with Crippen LogP contribution in [-0.2, 0) is 12.8 Å². The zero-order valence-electron chi connectivity index (χ0n) is 9.18. The minimum absolute atomic E-state index is 0.546. The molecular weight excluding hydrogens is 220 g/mol. The van der Waals surface area contributed by atoms with Gasteiger partial charge in [0.25, 0.3) is 0 Å². The summed E-state index contributed by atoms with van der Waals surface area (Å²) < 4.78 is 0. The van der Waals surface area contributed by atoms with Crippen LogP contribution in [0.2, 0.25) is 0 Å². The average Bonchev–Trinajstić information content (AvgIpc) is 2.70. The molecule has 0 amide bonds. The predicted octanol–water partition coefficient (Wildman–Crippen LogP) is 2.06. The van der Waals surface area contributed by atoms with E-state index in [1.54, 1.807) is 17.5 Å². The third-order valence-corrected chi connectivity index (χ3v) is 2.91. The molecular formula is C11H14N4S. The second-order valence-electron chi connectivity index (χ2n) is 3.55. The van der Waals surface area contributed by atoms with E-state index >= 15 is 0 Å². The highest BCUT2D eigenvalue weighted by Gasteiger charge is 2.04. The SMILES string of the molecule is CCCc1nc(N)cc(Cc2nccs2)n1. The van der Waals surface area contributed by atoms with Gasteiger partial charge in [-0.2, -0.15) is 0 Å². The summed E-state index contributed by atoms with van der Waals surface area (Å²) >= 11 is 1.63. The van der Waals surface area contributed by atoms with E-state index in [2.05, 4.69) is 21.9 Å². The van der Waals surface area contributed by atoms with Gasteiger partial charge in [0, 0.05) is 30.5 Å². The Hall–Kier alpha value is -1.49. The minimum atomic E-state index is 0.546. The van der Waals surface area contributed by atoms with Crippen LogP contribution in [0.3, 0.4) is 0 Å². The van der Waals surface area contributed by atoms with Crippen molar-refractivity contribution in [3.63, 3.8) is 0 Å². The van der Waals surface area contributed by atoms with E-state index in [1.807, 2.05) is 11.4 Å². The molecule has 0 aliphatic heterocycles. The van der Waals surface area contributed by atoms with Crippen molar-refractivity contribution in [1.82, 2.24) is 15.0 Å². The summed E-state index contributed by atoms with van der Waals surface area (Å²) in [6.07, 6.45) is 4.44. The zero-order valence-corrected chi connectivity index (χ0v) is 10.00. The molecule has 0 aliphatic rings. The molecule has 0 saturated carbocycles. The number of nitrogen functional groups attached to an aromatic ring is 1. The van der Waals surface area contributed by atoms with Gasteiger partial charge in [-0.05, 0) is 6.42 Å². The Morgan fingerprint density at radius 3 is 2.94 bits per heavy atom. The zero-order chi connectivity index (χ0) is 11.4. The Balaban J connectivity index is 2.20. The lowest BCUT2D eigenvalue weighted by Gasteiger charge is -2.03. The molecule has 0 spiro atoms. The van der Waals surface area contributed by atoms with Crippen LogP contribution in [-0.4, -0.2) is 15.0 Å². The number of thiazole rings is 1. The second-order valence-corrected chi connectivity index (χ2v) is 4.53. The van der Waals surface area contributed by atoms with Crippen molar-refractivity contribution in [2.24, 2.45) is 0 Å². The first-order valence-corrected chi connectivity index (χ1v) is 6.16. The van der Waals surface area contributed by atoms with Crippen molar-refractivity contribution < 1.29 is 0 Å². The number of hydrogen-bond acceptors (Lipinski definition) is 5. The quantitative estimate of drug-likeness (QED) is 0.879. The molecule has 0 saturated heterocycles. The fourth-order valence-electron chi connectivity index (χ4n) is 1.50. The van der Waals surface area contributed by atoms with Crippen molar-refractivity contribution in [3.8, 4) is 0 Å². The lowest BCUT2D eigenvalue weighted by Crippen LogP contribution is -2.03. The van der Waals surface area contributed by atoms with E-state index in [0.717, 1.165) is 35.8 Å². The molecule has 0 aromatic carbocycles. The van der Waals surface area contributed by atoms with Gasteiger partial charge in [-0.3, -0.25) is 0 Å². The summed E-state index contributed by atoms with van der Waals surface area (Å²) in [7, 11) is 0. The molecule has 0 fully saturated rings. The number of anilines is 1. The first kappa shape index (κ1) is 11.0. The third kappa shape index (κ3) is 2.76.